The van der Waals surface area contributed by atoms with E-state index in [1.165, 1.54) is 0 Å². The first-order valence-electron chi connectivity index (χ1n) is 37.2. The molecule has 0 bridgehead atoms. The molecule has 0 aromatic carbocycles. The predicted octanol–water partition coefficient (Wildman–Crippen LogP) is -22.5. The van der Waals surface area contributed by atoms with Gasteiger partial charge in [-0.3, -0.25) is 9.59 Å². The first-order valence-corrected chi connectivity index (χ1v) is 37.2. The Morgan fingerprint density at radius 1 is 0.222 bits per heavy atom. The Balaban J connectivity index is 1.01. The number of carbonyl (C=O) groups excluding carboxylic acids is 2. The van der Waals surface area contributed by atoms with E-state index in [1.807, 2.05) is 0 Å². The van der Waals surface area contributed by atoms with Gasteiger partial charge in [0, 0.05) is 13.8 Å². The van der Waals surface area contributed by atoms with E-state index in [2.05, 4.69) is 10.6 Å². The lowest BCUT2D eigenvalue weighted by molar-refractivity contribution is -0.401. The van der Waals surface area contributed by atoms with Crippen LogP contribution in [-0.2, 0) is 99.6 Å². The molecule has 10 saturated heterocycles. The molecule has 10 fully saturated rings. The molecule has 10 rings (SSSR count). The number of carbonyl (C=O) groups is 2. The fourth-order valence-corrected chi connectivity index (χ4v) is 15.0. The highest BCUT2D eigenvalue weighted by atomic mass is 16.8. The molecule has 0 aromatic rings. The maximum Gasteiger partial charge on any atom is 0.217 e. The lowest BCUT2D eigenvalue weighted by atomic mass is 9.94. The van der Waals surface area contributed by atoms with Gasteiger partial charge in [0.25, 0.3) is 0 Å². The summed E-state index contributed by atoms with van der Waals surface area (Å²) in [4.78, 5) is 25.2. The van der Waals surface area contributed by atoms with E-state index < -0.39 is 385 Å². The number of nitrogens with one attached hydrogen (secondary N) is 2. The number of amides is 2. The highest BCUT2D eigenvalue weighted by molar-refractivity contribution is 5.73. The van der Waals surface area contributed by atoms with E-state index in [0.717, 1.165) is 13.8 Å². The van der Waals surface area contributed by atoms with Gasteiger partial charge in [0.05, 0.1) is 66.1 Å². The van der Waals surface area contributed by atoms with Crippen LogP contribution in [0.1, 0.15) is 13.8 Å². The van der Waals surface area contributed by atoms with E-state index in [0.29, 0.717) is 0 Å². The standard InChI is InChI=1S/C64H108N2O51/c1-13(75)65-25-35(85)48(21(9-73)101-55(25)98)111-56-26(66-14(2)76)36(86)49(22(10-74)108-56)112-61-47(97)51(114-64-54(42(92)32(82)20(8-72)107-64)117-60-45(95)39(89)29(79)17(5-69)104-60)34(84)24(110-61)11-99-57-46(96)50(113-63-53(41(91)31(81)19(7-71)106-63)116-59-44(94)38(88)28(78)16(4-68)103-59)33(83)23(109-57)12-100-62-52(40(90)30(80)18(6-70)105-62)115-58-43(93)37(87)27(77)15(3-67)102-58/h15-64,67-74,77-98H,3-12H2,1-2H3,(H,65,75)(H,66,76)/t15-,16-,17+,18-,19-,20-,21-,22-,23-,24-,25-,26-,27-,28-,29-,30-,31-,32-,33-,34-,35-,36-,37+,38+,39+,40+,41+,42+,43+,44+,45+,46+,47+,48-,49-,50+,51+,52+,53+,54+,55-,56+,57+,58-,59-,60+,61+,62+,63-,64-/m1/s1. The topological polar surface area (TPSA) is 840 Å². The van der Waals surface area contributed by atoms with Crippen molar-refractivity contribution in [3.8, 4) is 0 Å². The highest BCUT2D eigenvalue weighted by Gasteiger charge is 2.61. The summed E-state index contributed by atoms with van der Waals surface area (Å²) in [5.74, 6) is -1.77. The third kappa shape index (κ3) is 20.7. The molecule has 0 radical (unpaired) electrons. The number of hydrogen-bond donors (Lipinski definition) is 32. The number of hydrogen-bond acceptors (Lipinski definition) is 51. The molecule has 10 heterocycles. The minimum atomic E-state index is -2.60. The van der Waals surface area contributed by atoms with E-state index in [4.69, 9.17) is 90.0 Å². The van der Waals surface area contributed by atoms with Gasteiger partial charge in [-0.05, 0) is 0 Å². The second-order valence-electron chi connectivity index (χ2n) is 29.5. The van der Waals surface area contributed by atoms with Crippen molar-refractivity contribution in [2.24, 2.45) is 0 Å². The van der Waals surface area contributed by atoms with Gasteiger partial charge in [-0.15, -0.1) is 0 Å². The molecule has 10 aliphatic heterocycles. The lowest BCUT2D eigenvalue weighted by Gasteiger charge is -2.51. The summed E-state index contributed by atoms with van der Waals surface area (Å²) in [6.45, 7) is -9.35. The second-order valence-corrected chi connectivity index (χ2v) is 29.5. The van der Waals surface area contributed by atoms with E-state index in [9.17, 15) is 163 Å². The van der Waals surface area contributed by atoms with Crippen LogP contribution in [0, 0.1) is 0 Å². The molecule has 2 amide bonds. The Bertz CT molecular complexity index is 3050. The molecule has 117 heavy (non-hydrogen) atoms. The fraction of sp³-hybridized carbons (Fsp3) is 0.969. The summed E-state index contributed by atoms with van der Waals surface area (Å²) in [7, 11) is 0. The molecule has 0 aromatic heterocycles. The average molecular weight is 1720 g/mol. The Labute approximate surface area is 660 Å². The third-order valence-corrected chi connectivity index (χ3v) is 21.7. The van der Waals surface area contributed by atoms with Gasteiger partial charge in [-0.2, -0.15) is 0 Å². The molecule has 0 aliphatic carbocycles. The van der Waals surface area contributed by atoms with Crippen molar-refractivity contribution < 1.29 is 253 Å². The quantitative estimate of drug-likeness (QED) is 0.0318. The summed E-state index contributed by atoms with van der Waals surface area (Å²) in [5, 5.41) is 337. The Morgan fingerprint density at radius 3 is 0.838 bits per heavy atom. The number of rotatable bonds is 30. The first kappa shape index (κ1) is 96.2. The van der Waals surface area contributed by atoms with Gasteiger partial charge in [0.15, 0.2) is 62.9 Å². The fourth-order valence-electron chi connectivity index (χ4n) is 15.0. The zero-order chi connectivity index (χ0) is 85.9. The van der Waals surface area contributed by atoms with Crippen molar-refractivity contribution in [1.82, 2.24) is 10.6 Å². The molecule has 0 spiro atoms. The van der Waals surface area contributed by atoms with Crippen LogP contribution in [0.5, 0.6) is 0 Å². The Morgan fingerprint density at radius 2 is 0.470 bits per heavy atom. The molecule has 0 saturated carbocycles. The largest absolute Gasteiger partial charge is 0.394 e. The van der Waals surface area contributed by atoms with Gasteiger partial charge >= 0.3 is 0 Å². The van der Waals surface area contributed by atoms with Crippen molar-refractivity contribution in [2.45, 2.75) is 321 Å². The summed E-state index contributed by atoms with van der Waals surface area (Å²) in [6, 6.07) is -3.62. The van der Waals surface area contributed by atoms with Crippen LogP contribution in [0.15, 0.2) is 0 Å². The van der Waals surface area contributed by atoms with Crippen LogP contribution in [0.3, 0.4) is 0 Å². The zero-order valence-electron chi connectivity index (χ0n) is 61.9. The normalized spacial score (nSPS) is 51.5. The van der Waals surface area contributed by atoms with Crippen molar-refractivity contribution in [2.75, 3.05) is 66.1 Å². The van der Waals surface area contributed by atoms with Crippen LogP contribution in [0.25, 0.3) is 0 Å². The number of ether oxygens (including phenoxy) is 19. The Kier molecular flexibility index (Phi) is 34.4. The molecule has 0 unspecified atom stereocenters. The summed E-state index contributed by atoms with van der Waals surface area (Å²) in [6.07, 6.45) is -104. The van der Waals surface area contributed by atoms with Crippen molar-refractivity contribution >= 4 is 11.8 Å². The Hall–Kier alpha value is -3.02. The monoisotopic (exact) mass is 1720 g/mol. The molecular weight excluding hydrogens is 1610 g/mol. The SMILES string of the molecule is CC(=O)N[C@@H]1[C@@H](O)[C@H](O[C@@H]2O[C@H](CO)[C@@H](O[C@@H]3O[C@H](CO[C@H]4O[C@H](CO[C@H]5O[C@H](CO)[C@@H](O)[C@H](O)[C@@H]5O[C@H]5O[C@H](CO)[C@@H](O)[C@H](O)[C@@H]5O)[C@@H](O)[C@H](O[C@H]5O[C@H](CO)[C@@H](O)[C@H](O)[C@@H]5O[C@H]5O[C@H](CO)[C@@H](O)[C@H](O)[C@@H]5O)[C@@H]4O)[C@@H](O)[C@H](O[C@H]4O[C@H](CO)[C@@H](O)[C@H](O)[C@@H]4O[C@@H]4O[C@@H](CO)[C@@H](O)[C@H](O)[C@@H]4O)[C@@H]3O)[C@H](O)[C@H]2NC(C)=O)[C@@H](CO)O[C@H]1O. The average Bonchev–Trinajstić information content (AvgIpc) is 0.769. The van der Waals surface area contributed by atoms with Crippen LogP contribution >= 0.6 is 0 Å². The smallest absolute Gasteiger partial charge is 0.217 e. The predicted molar refractivity (Wildman–Crippen MR) is 353 cm³/mol. The second kappa shape index (κ2) is 41.9. The van der Waals surface area contributed by atoms with Gasteiger partial charge < -0.3 is 254 Å². The van der Waals surface area contributed by atoms with Crippen LogP contribution in [0.2, 0.25) is 0 Å². The van der Waals surface area contributed by atoms with E-state index in [1.54, 1.807) is 0 Å². The van der Waals surface area contributed by atoms with Crippen molar-refractivity contribution in [1.29, 1.82) is 0 Å². The summed E-state index contributed by atoms with van der Waals surface area (Å²) in [5.41, 5.74) is 0. The molecular formula is C64H108N2O51. The first-order chi connectivity index (χ1) is 55.4. The highest BCUT2D eigenvalue weighted by Crippen LogP contribution is 2.40. The summed E-state index contributed by atoms with van der Waals surface area (Å²) < 4.78 is 111. The van der Waals surface area contributed by atoms with Gasteiger partial charge in [0.1, 0.15) is 244 Å². The summed E-state index contributed by atoms with van der Waals surface area (Å²) >= 11 is 0. The van der Waals surface area contributed by atoms with Crippen LogP contribution in [0.4, 0.5) is 0 Å². The molecule has 680 valence electrons. The van der Waals surface area contributed by atoms with E-state index >= 15 is 0 Å². The molecule has 50 atom stereocenters. The maximum atomic E-state index is 13.0. The van der Waals surface area contributed by atoms with E-state index in [-0.39, 0.29) is 0 Å². The zero-order valence-corrected chi connectivity index (χ0v) is 61.9. The molecule has 53 nitrogen and oxygen atoms in total. The number of aliphatic hydroxyl groups is 30. The minimum absolute atomic E-state index is 0.802. The third-order valence-electron chi connectivity index (χ3n) is 21.7. The minimum Gasteiger partial charge on any atom is -0.394 e. The molecule has 32 N–H and O–H groups in total. The van der Waals surface area contributed by atoms with Gasteiger partial charge in [-0.25, -0.2) is 0 Å². The maximum absolute atomic E-state index is 13.0. The van der Waals surface area contributed by atoms with Crippen molar-refractivity contribution in [3.05, 3.63) is 0 Å². The van der Waals surface area contributed by atoms with Crippen LogP contribution < -0.4 is 10.6 Å². The molecule has 53 heteroatoms. The van der Waals surface area contributed by atoms with Crippen molar-refractivity contribution in [3.63, 3.8) is 0 Å². The lowest BCUT2D eigenvalue weighted by Crippen LogP contribution is -2.70. The number of aliphatic hydroxyl groups excluding tert-OH is 30. The molecule has 10 aliphatic rings. The van der Waals surface area contributed by atoms with Crippen LogP contribution in [-0.4, -0.2) is 538 Å². The van der Waals surface area contributed by atoms with Gasteiger partial charge in [-0.1, -0.05) is 0 Å². The van der Waals surface area contributed by atoms with Gasteiger partial charge in [0.2, 0.25) is 11.8 Å².